The molecule has 0 bridgehead atoms. The lowest BCUT2D eigenvalue weighted by Crippen LogP contribution is -2.22. The molecular weight excluding hydrogens is 406 g/mol. The largest absolute Gasteiger partial charge is 0.493 e. The van der Waals surface area contributed by atoms with E-state index in [1.54, 1.807) is 4.68 Å². The summed E-state index contributed by atoms with van der Waals surface area (Å²) in [6, 6.07) is 15.2. The van der Waals surface area contributed by atoms with E-state index in [1.165, 1.54) is 0 Å². The first-order valence-corrected chi connectivity index (χ1v) is 9.97. The Hall–Kier alpha value is -3.23. The van der Waals surface area contributed by atoms with Crippen LogP contribution in [0.5, 0.6) is 5.75 Å². The minimum absolute atomic E-state index is 0.195. The van der Waals surface area contributed by atoms with E-state index in [2.05, 4.69) is 20.5 Å². The zero-order valence-electron chi connectivity index (χ0n) is 16.2. The van der Waals surface area contributed by atoms with Crippen molar-refractivity contribution in [3.05, 3.63) is 64.8 Å². The van der Waals surface area contributed by atoms with Crippen molar-refractivity contribution < 1.29 is 14.0 Å². The van der Waals surface area contributed by atoms with E-state index >= 15 is 0 Å². The van der Waals surface area contributed by atoms with Crippen molar-refractivity contribution in [2.45, 2.75) is 26.2 Å². The van der Waals surface area contributed by atoms with Crippen molar-refractivity contribution in [1.29, 1.82) is 0 Å². The minimum atomic E-state index is -0.195. The summed E-state index contributed by atoms with van der Waals surface area (Å²) in [5.41, 5.74) is 2.99. The summed E-state index contributed by atoms with van der Waals surface area (Å²) in [5, 5.41) is 13.3. The van der Waals surface area contributed by atoms with Crippen LogP contribution < -0.4 is 4.74 Å². The van der Waals surface area contributed by atoms with Gasteiger partial charge >= 0.3 is 0 Å². The molecular formula is C21H18ClN5O3. The summed E-state index contributed by atoms with van der Waals surface area (Å²) in [6.45, 7) is 3.29. The molecule has 1 aliphatic heterocycles. The first-order valence-electron chi connectivity index (χ1n) is 9.59. The van der Waals surface area contributed by atoms with Gasteiger partial charge in [-0.1, -0.05) is 52.3 Å². The van der Waals surface area contributed by atoms with Crippen LogP contribution in [0.25, 0.3) is 23.0 Å². The van der Waals surface area contributed by atoms with E-state index in [1.807, 2.05) is 55.5 Å². The molecule has 0 aliphatic carbocycles. The predicted octanol–water partition coefficient (Wildman–Crippen LogP) is 4.32. The summed E-state index contributed by atoms with van der Waals surface area (Å²) in [6.07, 6.45) is -0.195. The van der Waals surface area contributed by atoms with Gasteiger partial charge in [0.15, 0.2) is 5.69 Å². The van der Waals surface area contributed by atoms with E-state index in [-0.39, 0.29) is 6.10 Å². The van der Waals surface area contributed by atoms with Gasteiger partial charge in [0.05, 0.1) is 31.0 Å². The minimum Gasteiger partial charge on any atom is -0.493 e. The van der Waals surface area contributed by atoms with Crippen molar-refractivity contribution in [1.82, 2.24) is 25.1 Å². The molecule has 0 spiro atoms. The van der Waals surface area contributed by atoms with Crippen molar-refractivity contribution in [3.8, 4) is 28.7 Å². The van der Waals surface area contributed by atoms with Crippen LogP contribution in [0, 0.1) is 0 Å². The Morgan fingerprint density at radius 3 is 2.87 bits per heavy atom. The molecule has 30 heavy (non-hydrogen) atoms. The number of nitrogens with zero attached hydrogens (tertiary/aromatic N) is 5. The van der Waals surface area contributed by atoms with Crippen molar-refractivity contribution >= 4 is 11.6 Å². The Morgan fingerprint density at radius 2 is 2.00 bits per heavy atom. The van der Waals surface area contributed by atoms with Gasteiger partial charge in [-0.2, -0.15) is 4.98 Å². The second-order valence-corrected chi connectivity index (χ2v) is 7.15. The molecule has 0 saturated carbocycles. The number of fused-ring (bicyclic) bond motifs is 1. The normalized spacial score (nSPS) is 15.7. The summed E-state index contributed by atoms with van der Waals surface area (Å²) in [5.74, 6) is 1.41. The molecule has 0 amide bonds. The third kappa shape index (κ3) is 3.34. The summed E-state index contributed by atoms with van der Waals surface area (Å²) < 4.78 is 19.0. The molecule has 1 atom stereocenters. The lowest BCUT2D eigenvalue weighted by molar-refractivity contribution is -0.00106. The maximum atomic E-state index is 6.31. The molecule has 4 aromatic rings. The lowest BCUT2D eigenvalue weighted by atomic mass is 10.1. The van der Waals surface area contributed by atoms with Crippen LogP contribution in [0.4, 0.5) is 0 Å². The molecule has 152 valence electrons. The highest BCUT2D eigenvalue weighted by Gasteiger charge is 2.28. The average Bonchev–Trinajstić information content (AvgIpc) is 3.41. The summed E-state index contributed by atoms with van der Waals surface area (Å²) in [4.78, 5) is 4.52. The van der Waals surface area contributed by atoms with Crippen LogP contribution in [0.15, 0.2) is 53.1 Å². The standard InChI is InChI=1S/C21H18ClN5O3/c1-2-28-17-10-6-4-8-14(17)21-23-20(25-30-21)19-16-12-29-18(11-27(16)26-24-19)13-7-3-5-9-15(13)22/h3-10,18H,2,11-12H2,1H3/t18-/m1/s1. The second kappa shape index (κ2) is 7.89. The van der Waals surface area contributed by atoms with Crippen molar-refractivity contribution in [2.24, 2.45) is 0 Å². The maximum Gasteiger partial charge on any atom is 0.262 e. The van der Waals surface area contributed by atoms with Gasteiger partial charge in [-0.05, 0) is 25.1 Å². The first kappa shape index (κ1) is 18.8. The van der Waals surface area contributed by atoms with Crippen LogP contribution in [0.3, 0.4) is 0 Å². The van der Waals surface area contributed by atoms with Crippen LogP contribution in [-0.4, -0.2) is 31.7 Å². The SMILES string of the molecule is CCOc1ccccc1-c1nc(-c2nnn3c2CO[C@@H](c2ccccc2Cl)C3)no1. The van der Waals surface area contributed by atoms with Gasteiger partial charge in [0, 0.05) is 10.6 Å². The number of ether oxygens (including phenoxy) is 2. The van der Waals surface area contributed by atoms with Gasteiger partial charge in [0.2, 0.25) is 5.82 Å². The predicted molar refractivity (Wildman–Crippen MR) is 109 cm³/mol. The van der Waals surface area contributed by atoms with Crippen LogP contribution >= 0.6 is 11.6 Å². The molecule has 5 rings (SSSR count). The van der Waals surface area contributed by atoms with E-state index in [0.29, 0.717) is 47.9 Å². The number of hydrogen-bond donors (Lipinski definition) is 0. The quantitative estimate of drug-likeness (QED) is 0.472. The number of halogens is 1. The Labute approximate surface area is 177 Å². The van der Waals surface area contributed by atoms with Gasteiger partial charge in [0.1, 0.15) is 11.9 Å². The highest BCUT2D eigenvalue weighted by molar-refractivity contribution is 6.31. The molecule has 0 unspecified atom stereocenters. The fourth-order valence-electron chi connectivity index (χ4n) is 3.46. The molecule has 0 saturated heterocycles. The van der Waals surface area contributed by atoms with Gasteiger partial charge in [-0.3, -0.25) is 0 Å². The molecule has 8 nitrogen and oxygen atoms in total. The lowest BCUT2D eigenvalue weighted by Gasteiger charge is -2.24. The van der Waals surface area contributed by atoms with E-state index in [9.17, 15) is 0 Å². The molecule has 2 aromatic heterocycles. The van der Waals surface area contributed by atoms with Crippen molar-refractivity contribution in [3.63, 3.8) is 0 Å². The highest BCUT2D eigenvalue weighted by atomic mass is 35.5. The zero-order chi connectivity index (χ0) is 20.5. The number of aromatic nitrogens is 5. The third-order valence-electron chi connectivity index (χ3n) is 4.90. The Bertz CT molecular complexity index is 1190. The number of benzene rings is 2. The monoisotopic (exact) mass is 423 g/mol. The van der Waals surface area contributed by atoms with E-state index in [0.717, 1.165) is 16.8 Å². The average molecular weight is 424 g/mol. The van der Waals surface area contributed by atoms with Crippen LogP contribution in [-0.2, 0) is 17.9 Å². The number of rotatable bonds is 5. The molecule has 0 fully saturated rings. The van der Waals surface area contributed by atoms with Crippen LogP contribution in [0.2, 0.25) is 5.02 Å². The molecule has 9 heteroatoms. The van der Waals surface area contributed by atoms with Gasteiger partial charge in [0.25, 0.3) is 5.89 Å². The smallest absolute Gasteiger partial charge is 0.262 e. The fraction of sp³-hybridized carbons (Fsp3) is 0.238. The van der Waals surface area contributed by atoms with E-state index in [4.69, 9.17) is 25.6 Å². The summed E-state index contributed by atoms with van der Waals surface area (Å²) >= 11 is 6.31. The van der Waals surface area contributed by atoms with Crippen LogP contribution in [0.1, 0.15) is 24.3 Å². The molecule has 0 N–H and O–H groups in total. The molecule has 1 aliphatic rings. The molecule has 0 radical (unpaired) electrons. The third-order valence-corrected chi connectivity index (χ3v) is 5.25. The Kier molecular flexibility index (Phi) is 4.94. The van der Waals surface area contributed by atoms with E-state index < -0.39 is 0 Å². The topological polar surface area (TPSA) is 88.1 Å². The van der Waals surface area contributed by atoms with Crippen molar-refractivity contribution in [2.75, 3.05) is 6.61 Å². The van der Waals surface area contributed by atoms with Gasteiger partial charge in [-0.25, -0.2) is 4.68 Å². The second-order valence-electron chi connectivity index (χ2n) is 6.74. The highest BCUT2D eigenvalue weighted by Crippen LogP contribution is 2.34. The maximum absolute atomic E-state index is 6.31. The van der Waals surface area contributed by atoms with Gasteiger partial charge in [-0.15, -0.1) is 5.10 Å². The first-order chi connectivity index (χ1) is 14.7. The number of hydrogen-bond acceptors (Lipinski definition) is 7. The fourth-order valence-corrected chi connectivity index (χ4v) is 3.72. The number of para-hydroxylation sites is 1. The molecule has 2 aromatic carbocycles. The zero-order valence-corrected chi connectivity index (χ0v) is 16.9. The van der Waals surface area contributed by atoms with Gasteiger partial charge < -0.3 is 14.0 Å². The summed E-state index contributed by atoms with van der Waals surface area (Å²) in [7, 11) is 0. The Balaban J connectivity index is 1.43. The molecule has 3 heterocycles. The Morgan fingerprint density at radius 1 is 1.17 bits per heavy atom.